The molecule has 33 heavy (non-hydrogen) atoms. The van der Waals surface area contributed by atoms with Crippen LogP contribution in [-0.4, -0.2) is 68.7 Å². The summed E-state index contributed by atoms with van der Waals surface area (Å²) >= 11 is 1.18. The Bertz CT molecular complexity index is 1270. The molecule has 1 aromatic carbocycles. The van der Waals surface area contributed by atoms with Gasteiger partial charge < -0.3 is 14.8 Å². The van der Waals surface area contributed by atoms with Crippen LogP contribution in [0.1, 0.15) is 12.0 Å². The molecule has 1 aliphatic rings. The normalized spacial score (nSPS) is 14.1. The van der Waals surface area contributed by atoms with Crippen molar-refractivity contribution in [1.82, 2.24) is 15.3 Å². The van der Waals surface area contributed by atoms with Gasteiger partial charge >= 0.3 is 0 Å². The lowest BCUT2D eigenvalue weighted by molar-refractivity contribution is -0.110. The summed E-state index contributed by atoms with van der Waals surface area (Å²) in [4.78, 5) is 22.1. The molecule has 174 valence electrons. The van der Waals surface area contributed by atoms with Gasteiger partial charge in [-0.05, 0) is 24.6 Å². The number of ether oxygens (including phenoxy) is 2. The molecule has 0 aliphatic carbocycles. The molecule has 12 heteroatoms. The van der Waals surface area contributed by atoms with Crippen molar-refractivity contribution in [2.45, 2.75) is 17.4 Å². The van der Waals surface area contributed by atoms with Gasteiger partial charge in [-0.15, -0.1) is 0 Å². The van der Waals surface area contributed by atoms with Crippen LogP contribution in [0.15, 0.2) is 41.3 Å². The molecule has 3 aromatic rings. The fraction of sp³-hybridized carbons (Fsp3) is 0.333. The predicted molar refractivity (Wildman–Crippen MR) is 125 cm³/mol. The Morgan fingerprint density at radius 1 is 1.21 bits per heavy atom. The number of nitrogens with one attached hydrogen (secondary N) is 3. The van der Waals surface area contributed by atoms with E-state index in [0.717, 1.165) is 13.1 Å². The van der Waals surface area contributed by atoms with Crippen molar-refractivity contribution in [3.63, 3.8) is 0 Å². The molecule has 0 saturated carbocycles. The number of methoxy groups -OCH3 is 1. The molecule has 1 fully saturated rings. The maximum Gasteiger partial charge on any atom is 0.275 e. The van der Waals surface area contributed by atoms with E-state index in [2.05, 4.69) is 20.6 Å². The van der Waals surface area contributed by atoms with E-state index in [1.807, 2.05) is 0 Å². The molecular weight excluding hydrogens is 466 g/mol. The largest absolute Gasteiger partial charge is 0.472 e. The molecule has 1 amide bonds. The highest BCUT2D eigenvalue weighted by Crippen LogP contribution is 2.27. The van der Waals surface area contributed by atoms with Crippen molar-refractivity contribution in [2.75, 3.05) is 37.9 Å². The van der Waals surface area contributed by atoms with E-state index in [4.69, 9.17) is 14.9 Å². The molecule has 0 bridgehead atoms. The zero-order chi connectivity index (χ0) is 23.4. The molecule has 0 atom stereocenters. The lowest BCUT2D eigenvalue weighted by Gasteiger charge is -2.27. The fourth-order valence-corrected chi connectivity index (χ4v) is 5.18. The number of amides is 1. The Morgan fingerprint density at radius 3 is 2.64 bits per heavy atom. The number of thiazole rings is 1. The van der Waals surface area contributed by atoms with Gasteiger partial charge in [0.2, 0.25) is 5.88 Å². The summed E-state index contributed by atoms with van der Waals surface area (Å²) in [6, 6.07) is 9.21. The molecule has 10 nitrogen and oxygen atoms in total. The van der Waals surface area contributed by atoms with Crippen LogP contribution >= 0.6 is 11.3 Å². The third-order valence-electron chi connectivity index (χ3n) is 4.97. The van der Waals surface area contributed by atoms with E-state index < -0.39 is 15.7 Å². The van der Waals surface area contributed by atoms with E-state index in [0.29, 0.717) is 39.9 Å². The van der Waals surface area contributed by atoms with Gasteiger partial charge in [0.05, 0.1) is 10.6 Å². The molecular formula is C21H23N5O5S2. The number of aromatic nitrogens is 2. The van der Waals surface area contributed by atoms with E-state index in [9.17, 15) is 13.2 Å². The van der Waals surface area contributed by atoms with Crippen LogP contribution in [0.4, 0.5) is 5.13 Å². The first-order valence-corrected chi connectivity index (χ1v) is 12.7. The Balaban J connectivity index is 1.40. The van der Waals surface area contributed by atoms with Crippen LogP contribution in [0.3, 0.4) is 0 Å². The molecule has 3 heterocycles. The number of nitrogens with zero attached hydrogens (tertiary/aromatic N) is 2. The lowest BCUT2D eigenvalue weighted by Crippen LogP contribution is -2.50. The minimum Gasteiger partial charge on any atom is -0.472 e. The first-order valence-electron chi connectivity index (χ1n) is 10.2. The molecule has 0 radical (unpaired) electrons. The van der Waals surface area contributed by atoms with Gasteiger partial charge in [0.25, 0.3) is 5.91 Å². The second kappa shape index (κ2) is 9.91. The van der Waals surface area contributed by atoms with Crippen LogP contribution < -0.4 is 15.4 Å². The highest BCUT2D eigenvalue weighted by molar-refractivity contribution is 7.91. The number of anilines is 1. The maximum atomic E-state index is 12.6. The molecule has 0 unspecified atom stereocenters. The molecule has 1 aliphatic heterocycles. The summed E-state index contributed by atoms with van der Waals surface area (Å²) in [6.45, 7) is 1.93. The Kier molecular flexibility index (Phi) is 6.98. The highest BCUT2D eigenvalue weighted by atomic mass is 32.2. The Hall–Kier alpha value is -2.93. The molecule has 1 saturated heterocycles. The van der Waals surface area contributed by atoms with Gasteiger partial charge in [-0.3, -0.25) is 15.5 Å². The van der Waals surface area contributed by atoms with Crippen LogP contribution in [0.2, 0.25) is 0 Å². The Labute approximate surface area is 194 Å². The van der Waals surface area contributed by atoms with Crippen molar-refractivity contribution in [1.29, 1.82) is 5.41 Å². The summed E-state index contributed by atoms with van der Waals surface area (Å²) in [5, 5.41) is 14.2. The monoisotopic (exact) mass is 489 g/mol. The van der Waals surface area contributed by atoms with Crippen molar-refractivity contribution >= 4 is 48.3 Å². The number of benzene rings is 1. The fourth-order valence-electron chi connectivity index (χ4n) is 3.07. The van der Waals surface area contributed by atoms with Gasteiger partial charge in [0.15, 0.2) is 15.0 Å². The quantitative estimate of drug-likeness (QED) is 0.289. The number of rotatable bonds is 10. The highest BCUT2D eigenvalue weighted by Gasteiger charge is 2.20. The first kappa shape index (κ1) is 23.2. The summed E-state index contributed by atoms with van der Waals surface area (Å²) in [5.74, 6) is -0.184. The third kappa shape index (κ3) is 5.53. The summed E-state index contributed by atoms with van der Waals surface area (Å²) in [7, 11) is -1.93. The summed E-state index contributed by atoms with van der Waals surface area (Å²) < 4.78 is 35.3. The van der Waals surface area contributed by atoms with Gasteiger partial charge in [-0.2, -0.15) is 0 Å². The summed E-state index contributed by atoms with van der Waals surface area (Å²) in [5.41, 5.74) is 0.614. The maximum absolute atomic E-state index is 12.6. The average molecular weight is 490 g/mol. The van der Waals surface area contributed by atoms with E-state index in [1.54, 1.807) is 12.1 Å². The second-order valence-corrected chi connectivity index (χ2v) is 10.5. The topological polar surface area (TPSA) is 143 Å². The SMILES string of the molecule is COCCCS(=O)(=O)c1ccc(C(=N)C(=O)Nc2nc3ccc(OC4CNC4)nc3s2)cc1. The van der Waals surface area contributed by atoms with Crippen LogP contribution in [0.25, 0.3) is 10.3 Å². The van der Waals surface area contributed by atoms with Crippen molar-refractivity contribution in [2.24, 2.45) is 0 Å². The van der Waals surface area contributed by atoms with Crippen LogP contribution in [-0.2, 0) is 19.4 Å². The van der Waals surface area contributed by atoms with Gasteiger partial charge in [-0.1, -0.05) is 23.5 Å². The second-order valence-electron chi connectivity index (χ2n) is 7.41. The zero-order valence-electron chi connectivity index (χ0n) is 17.8. The number of carbonyl (C=O) groups excluding carboxylic acids is 1. The smallest absolute Gasteiger partial charge is 0.275 e. The molecule has 0 spiro atoms. The van der Waals surface area contributed by atoms with Gasteiger partial charge in [0, 0.05) is 38.4 Å². The third-order valence-corrected chi connectivity index (χ3v) is 7.67. The minimum atomic E-state index is -3.45. The van der Waals surface area contributed by atoms with Crippen molar-refractivity contribution in [3.8, 4) is 5.88 Å². The zero-order valence-corrected chi connectivity index (χ0v) is 19.5. The molecule has 3 N–H and O–H groups in total. The van der Waals surface area contributed by atoms with Gasteiger partial charge in [-0.25, -0.2) is 18.4 Å². The summed E-state index contributed by atoms with van der Waals surface area (Å²) in [6.07, 6.45) is 0.496. The van der Waals surface area contributed by atoms with E-state index in [1.165, 1.54) is 42.7 Å². The minimum absolute atomic E-state index is 0.0337. The molecule has 4 rings (SSSR count). The van der Waals surface area contributed by atoms with Crippen molar-refractivity contribution < 1.29 is 22.7 Å². The van der Waals surface area contributed by atoms with Gasteiger partial charge in [0.1, 0.15) is 22.2 Å². The van der Waals surface area contributed by atoms with E-state index in [-0.39, 0.29) is 22.5 Å². The number of pyridine rings is 1. The lowest BCUT2D eigenvalue weighted by atomic mass is 10.1. The first-order chi connectivity index (χ1) is 15.9. The van der Waals surface area contributed by atoms with Crippen molar-refractivity contribution in [3.05, 3.63) is 42.0 Å². The van der Waals surface area contributed by atoms with Crippen LogP contribution in [0, 0.1) is 5.41 Å². The Morgan fingerprint density at radius 2 is 1.97 bits per heavy atom. The standard InChI is InChI=1S/C21H23N5O5S2/c1-30-9-2-10-33(28,29)15-5-3-13(4-6-15)18(22)19(27)26-21-24-16-7-8-17(25-20(16)32-21)31-14-11-23-12-14/h3-8,14,22-23H,2,9-12H2,1H3,(H,24,26,27). The number of hydrogen-bond acceptors (Lipinski definition) is 10. The number of hydrogen-bond donors (Lipinski definition) is 3. The average Bonchev–Trinajstić information content (AvgIpc) is 3.17. The van der Waals surface area contributed by atoms with Crippen LogP contribution in [0.5, 0.6) is 5.88 Å². The number of fused-ring (bicyclic) bond motifs is 1. The van der Waals surface area contributed by atoms with E-state index >= 15 is 0 Å². The molecule has 2 aromatic heterocycles. The number of carbonyl (C=O) groups is 1. The number of sulfone groups is 1. The predicted octanol–water partition coefficient (Wildman–Crippen LogP) is 1.86.